The molecule has 1 aliphatic heterocycles. The Kier molecular flexibility index (Phi) is 4.87. The van der Waals surface area contributed by atoms with Gasteiger partial charge in [-0.05, 0) is 38.0 Å². The zero-order valence-electron chi connectivity index (χ0n) is 14.3. The molecule has 0 radical (unpaired) electrons. The molecule has 0 aromatic heterocycles. The van der Waals surface area contributed by atoms with Crippen molar-refractivity contribution in [3.8, 4) is 11.8 Å². The van der Waals surface area contributed by atoms with Gasteiger partial charge in [0.05, 0.1) is 24.2 Å². The Labute approximate surface area is 155 Å². The SMILES string of the molecule is CCOc1ccc(Br)cc1[C@H]1C(C#N)=C(N)N(C)C2=C1C(=O)CCC2. The highest BCUT2D eigenvalue weighted by atomic mass is 79.9. The minimum absolute atomic E-state index is 0.0840. The molecule has 0 saturated heterocycles. The van der Waals surface area contributed by atoms with Gasteiger partial charge in [0.2, 0.25) is 0 Å². The third kappa shape index (κ3) is 2.93. The highest BCUT2D eigenvalue weighted by Gasteiger charge is 2.39. The highest BCUT2D eigenvalue weighted by molar-refractivity contribution is 9.10. The largest absolute Gasteiger partial charge is 0.494 e. The van der Waals surface area contributed by atoms with Crippen LogP contribution in [0.2, 0.25) is 0 Å². The summed E-state index contributed by atoms with van der Waals surface area (Å²) in [6, 6.07) is 7.90. The average Bonchev–Trinajstić information content (AvgIpc) is 2.60. The molecule has 6 heteroatoms. The summed E-state index contributed by atoms with van der Waals surface area (Å²) in [5, 5.41) is 9.78. The molecule has 0 spiro atoms. The Balaban J connectivity index is 2.28. The molecule has 0 bridgehead atoms. The van der Waals surface area contributed by atoms with Crippen molar-refractivity contribution in [2.75, 3.05) is 13.7 Å². The van der Waals surface area contributed by atoms with Crippen LogP contribution in [0.15, 0.2) is 45.3 Å². The van der Waals surface area contributed by atoms with Crippen molar-refractivity contribution < 1.29 is 9.53 Å². The number of nitriles is 1. The molecule has 0 saturated carbocycles. The van der Waals surface area contributed by atoms with Crippen molar-refractivity contribution in [3.63, 3.8) is 0 Å². The molecule has 1 aromatic carbocycles. The smallest absolute Gasteiger partial charge is 0.161 e. The summed E-state index contributed by atoms with van der Waals surface area (Å²) < 4.78 is 6.64. The van der Waals surface area contributed by atoms with Crippen LogP contribution in [0.25, 0.3) is 0 Å². The number of hydrogen-bond acceptors (Lipinski definition) is 5. The molecule has 1 atom stereocenters. The lowest BCUT2D eigenvalue weighted by Crippen LogP contribution is -2.36. The van der Waals surface area contributed by atoms with E-state index in [-0.39, 0.29) is 5.78 Å². The number of hydrogen-bond donors (Lipinski definition) is 1. The number of rotatable bonds is 3. The summed E-state index contributed by atoms with van der Waals surface area (Å²) in [7, 11) is 1.82. The van der Waals surface area contributed by atoms with Crippen LogP contribution in [0, 0.1) is 11.3 Å². The van der Waals surface area contributed by atoms with E-state index in [1.807, 2.05) is 32.2 Å². The Bertz CT molecular complexity index is 836. The first-order valence-electron chi connectivity index (χ1n) is 8.31. The van der Waals surface area contributed by atoms with Crippen molar-refractivity contribution >= 4 is 21.7 Å². The number of halogens is 1. The third-order valence-electron chi connectivity index (χ3n) is 4.75. The highest BCUT2D eigenvalue weighted by Crippen LogP contribution is 2.47. The minimum Gasteiger partial charge on any atom is -0.494 e. The molecule has 1 aromatic rings. The van der Waals surface area contributed by atoms with E-state index in [0.29, 0.717) is 35.7 Å². The van der Waals surface area contributed by atoms with Gasteiger partial charge in [0.1, 0.15) is 11.6 Å². The monoisotopic (exact) mass is 401 g/mol. The number of Topliss-reactive ketones (excluding diaryl/α,β-unsaturated/α-hetero) is 1. The standard InChI is InChI=1S/C19H20BrN3O2/c1-3-25-16-8-7-11(20)9-12(16)17-13(10-21)19(22)23(2)14-5-4-6-15(24)18(14)17/h7-9,17H,3-6,22H2,1-2H3/t17-/m0/s1. The Morgan fingerprint density at radius 3 is 2.88 bits per heavy atom. The van der Waals surface area contributed by atoms with Gasteiger partial charge < -0.3 is 15.4 Å². The van der Waals surface area contributed by atoms with E-state index < -0.39 is 5.92 Å². The van der Waals surface area contributed by atoms with Gasteiger partial charge in [-0.1, -0.05) is 15.9 Å². The number of nitrogens with two attached hydrogens (primary N) is 1. The number of ketones is 1. The van der Waals surface area contributed by atoms with E-state index in [0.717, 1.165) is 28.6 Å². The summed E-state index contributed by atoms with van der Waals surface area (Å²) in [4.78, 5) is 14.6. The fourth-order valence-corrected chi connectivity index (χ4v) is 3.98. The number of carbonyl (C=O) groups is 1. The Morgan fingerprint density at radius 1 is 1.44 bits per heavy atom. The lowest BCUT2D eigenvalue weighted by atomic mass is 9.75. The number of ether oxygens (including phenoxy) is 1. The second-order valence-electron chi connectivity index (χ2n) is 6.16. The van der Waals surface area contributed by atoms with Crippen LogP contribution < -0.4 is 10.5 Å². The van der Waals surface area contributed by atoms with Gasteiger partial charge in [-0.3, -0.25) is 4.79 Å². The van der Waals surface area contributed by atoms with Gasteiger partial charge >= 0.3 is 0 Å². The third-order valence-corrected chi connectivity index (χ3v) is 5.24. The van der Waals surface area contributed by atoms with Crippen LogP contribution in [0.4, 0.5) is 0 Å². The lowest BCUT2D eigenvalue weighted by molar-refractivity contribution is -0.116. The minimum atomic E-state index is -0.483. The summed E-state index contributed by atoms with van der Waals surface area (Å²) >= 11 is 3.49. The van der Waals surface area contributed by atoms with E-state index >= 15 is 0 Å². The predicted octanol–water partition coefficient (Wildman–Crippen LogP) is 3.58. The quantitative estimate of drug-likeness (QED) is 0.836. The molecule has 0 unspecified atom stereocenters. The number of nitrogens with zero attached hydrogens (tertiary/aromatic N) is 2. The fraction of sp³-hybridized carbons (Fsp3) is 0.368. The lowest BCUT2D eigenvalue weighted by Gasteiger charge is -2.38. The van der Waals surface area contributed by atoms with Crippen molar-refractivity contribution in [1.29, 1.82) is 5.26 Å². The molecular weight excluding hydrogens is 382 g/mol. The molecular formula is C19H20BrN3O2. The number of allylic oxidation sites excluding steroid dienone is 3. The van der Waals surface area contributed by atoms with Crippen molar-refractivity contribution in [2.45, 2.75) is 32.1 Å². The van der Waals surface area contributed by atoms with E-state index in [9.17, 15) is 10.1 Å². The van der Waals surface area contributed by atoms with E-state index in [4.69, 9.17) is 10.5 Å². The maximum absolute atomic E-state index is 12.8. The van der Waals surface area contributed by atoms with Gasteiger partial charge in [0.15, 0.2) is 5.78 Å². The van der Waals surface area contributed by atoms with Crippen LogP contribution in [0.1, 0.15) is 37.7 Å². The molecule has 1 aliphatic carbocycles. The molecule has 0 fully saturated rings. The average molecular weight is 402 g/mol. The first kappa shape index (κ1) is 17.6. The maximum atomic E-state index is 12.8. The molecule has 0 amide bonds. The summed E-state index contributed by atoms with van der Waals surface area (Å²) in [6.07, 6.45) is 2.09. The zero-order valence-corrected chi connectivity index (χ0v) is 15.9. The first-order chi connectivity index (χ1) is 12.0. The molecule has 2 aliphatic rings. The van der Waals surface area contributed by atoms with Crippen molar-refractivity contribution in [2.24, 2.45) is 5.73 Å². The van der Waals surface area contributed by atoms with Crippen LogP contribution in [-0.2, 0) is 4.79 Å². The van der Waals surface area contributed by atoms with Crippen molar-refractivity contribution in [1.82, 2.24) is 4.90 Å². The van der Waals surface area contributed by atoms with Crippen LogP contribution >= 0.6 is 15.9 Å². The molecule has 5 nitrogen and oxygen atoms in total. The van der Waals surface area contributed by atoms with Gasteiger partial charge in [-0.15, -0.1) is 0 Å². The van der Waals surface area contributed by atoms with Gasteiger partial charge in [-0.2, -0.15) is 5.26 Å². The fourth-order valence-electron chi connectivity index (χ4n) is 3.61. The van der Waals surface area contributed by atoms with Gasteiger partial charge in [-0.25, -0.2) is 0 Å². The molecule has 25 heavy (non-hydrogen) atoms. The van der Waals surface area contributed by atoms with Crippen molar-refractivity contribution in [3.05, 3.63) is 50.9 Å². The molecule has 2 N–H and O–H groups in total. The normalized spacial score (nSPS) is 20.5. The molecule has 130 valence electrons. The first-order valence-corrected chi connectivity index (χ1v) is 9.10. The summed E-state index contributed by atoms with van der Waals surface area (Å²) in [5.41, 5.74) is 9.05. The molecule has 1 heterocycles. The zero-order chi connectivity index (χ0) is 18.1. The topological polar surface area (TPSA) is 79.3 Å². The second-order valence-corrected chi connectivity index (χ2v) is 7.07. The van der Waals surface area contributed by atoms with Crippen LogP contribution in [-0.4, -0.2) is 24.3 Å². The maximum Gasteiger partial charge on any atom is 0.161 e. The number of benzene rings is 1. The number of carbonyl (C=O) groups excluding carboxylic acids is 1. The van der Waals surface area contributed by atoms with Crippen LogP contribution in [0.3, 0.4) is 0 Å². The Hall–Kier alpha value is -2.26. The summed E-state index contributed by atoms with van der Waals surface area (Å²) in [5.74, 6) is 0.679. The summed E-state index contributed by atoms with van der Waals surface area (Å²) in [6.45, 7) is 2.41. The predicted molar refractivity (Wildman–Crippen MR) is 98.5 cm³/mol. The van der Waals surface area contributed by atoms with Gasteiger partial charge in [0.25, 0.3) is 0 Å². The van der Waals surface area contributed by atoms with Crippen LogP contribution in [0.5, 0.6) is 5.75 Å². The van der Waals surface area contributed by atoms with E-state index in [1.54, 1.807) is 4.90 Å². The Morgan fingerprint density at radius 2 is 2.20 bits per heavy atom. The van der Waals surface area contributed by atoms with Gasteiger partial charge in [0, 0.05) is 34.8 Å². The molecule has 3 rings (SSSR count). The second kappa shape index (κ2) is 6.93. The van der Waals surface area contributed by atoms with E-state index in [1.165, 1.54) is 0 Å². The van der Waals surface area contributed by atoms with E-state index in [2.05, 4.69) is 22.0 Å².